The molecule has 4 aromatic carbocycles. The van der Waals surface area contributed by atoms with E-state index < -0.39 is 0 Å². The van der Waals surface area contributed by atoms with E-state index in [4.69, 9.17) is 9.97 Å². The average molecular weight is 1420 g/mol. The Kier molecular flexibility index (Phi) is 32.9. The molecule has 12 nitrogen and oxygen atoms in total. The number of nitrogens with one attached hydrogen (secondary N) is 2. The highest BCUT2D eigenvalue weighted by molar-refractivity contribution is 6.02. The Morgan fingerprint density at radius 3 is 0.577 bits per heavy atom. The number of H-pyrrole nitrogens is 2. The molecule has 0 amide bonds. The van der Waals surface area contributed by atoms with Gasteiger partial charge in [-0.05, 0) is 148 Å². The molecule has 0 atom stereocenters. The third-order valence-corrected chi connectivity index (χ3v) is 22.0. The summed E-state index contributed by atoms with van der Waals surface area (Å²) in [6.45, 7) is 8.98. The zero-order valence-corrected chi connectivity index (χ0v) is 63.8. The van der Waals surface area contributed by atoms with Crippen molar-refractivity contribution in [2.45, 2.75) is 310 Å². The van der Waals surface area contributed by atoms with Crippen molar-refractivity contribution in [3.8, 4) is 90.5 Å². The van der Waals surface area contributed by atoms with Crippen LogP contribution in [0.15, 0.2) is 72.8 Å². The minimum atomic E-state index is -0.0522. The number of aromatic amines is 2. The van der Waals surface area contributed by atoms with Gasteiger partial charge in [-0.3, -0.25) is 0 Å². The van der Waals surface area contributed by atoms with E-state index in [1.54, 1.807) is 48.5 Å². The summed E-state index contributed by atoms with van der Waals surface area (Å²) in [7, 11) is 0. The molecule has 8 bridgehead atoms. The predicted molar refractivity (Wildman–Crippen MR) is 436 cm³/mol. The number of nitrogens with zero attached hydrogens (tertiary/aromatic N) is 2. The van der Waals surface area contributed by atoms with E-state index in [-0.39, 0.29) is 46.0 Å². The first kappa shape index (κ1) is 80.0. The van der Waals surface area contributed by atoms with Crippen LogP contribution in [0.5, 0.6) is 46.0 Å². The molecule has 9 rings (SSSR count). The second-order valence-electron chi connectivity index (χ2n) is 30.1. The van der Waals surface area contributed by atoms with Crippen LogP contribution in [0.2, 0.25) is 0 Å². The maximum atomic E-state index is 12.7. The Hall–Kier alpha value is -8.12. The fourth-order valence-corrected chi connectivity index (χ4v) is 15.8. The van der Waals surface area contributed by atoms with Crippen molar-refractivity contribution < 1.29 is 40.9 Å². The first-order chi connectivity index (χ1) is 50.9. The van der Waals surface area contributed by atoms with Crippen LogP contribution in [-0.4, -0.2) is 60.8 Å². The van der Waals surface area contributed by atoms with Crippen LogP contribution in [0.25, 0.3) is 90.9 Å². The van der Waals surface area contributed by atoms with Crippen molar-refractivity contribution in [2.24, 2.45) is 0 Å². The smallest absolute Gasteiger partial charge is 0.130 e. The Labute approximate surface area is 622 Å². The molecule has 12 heteroatoms. The van der Waals surface area contributed by atoms with Gasteiger partial charge in [-0.1, -0.05) is 259 Å². The lowest BCUT2D eigenvalue weighted by molar-refractivity contribution is 0.436. The molecule has 0 fully saturated rings. The minimum absolute atomic E-state index is 0.0149. The molecule has 0 spiro atoms. The third kappa shape index (κ3) is 22.0. The molecule has 0 saturated heterocycles. The maximum Gasteiger partial charge on any atom is 0.130 e. The average Bonchev–Trinajstić information content (AvgIpc) is 1.58. The van der Waals surface area contributed by atoms with Crippen LogP contribution in [0, 0.1) is 0 Å². The number of benzene rings is 4. The summed E-state index contributed by atoms with van der Waals surface area (Å²) in [5.41, 5.74) is 9.99. The van der Waals surface area contributed by atoms with E-state index in [2.05, 4.69) is 37.7 Å². The molecule has 5 heterocycles. The molecule has 7 aromatic rings. The van der Waals surface area contributed by atoms with Crippen LogP contribution in [0.3, 0.4) is 0 Å². The summed E-state index contributed by atoms with van der Waals surface area (Å²) >= 11 is 0. The van der Waals surface area contributed by atoms with E-state index in [0.717, 1.165) is 103 Å². The van der Waals surface area contributed by atoms with Crippen molar-refractivity contribution in [3.63, 3.8) is 0 Å². The summed E-state index contributed by atoms with van der Waals surface area (Å²) in [5.74, 6) is -0.149. The molecule has 562 valence electrons. The van der Waals surface area contributed by atoms with Gasteiger partial charge in [0.15, 0.2) is 0 Å². The first-order valence-electron chi connectivity index (χ1n) is 41.2. The summed E-state index contributed by atoms with van der Waals surface area (Å²) < 4.78 is 0. The Morgan fingerprint density at radius 1 is 0.221 bits per heavy atom. The van der Waals surface area contributed by atoms with Gasteiger partial charge in [-0.15, -0.1) is 0 Å². The number of aromatic hydroxyl groups is 8. The normalized spacial score (nSPS) is 12.0. The predicted octanol–water partition coefficient (Wildman–Crippen LogP) is 26.8. The van der Waals surface area contributed by atoms with Crippen molar-refractivity contribution in [3.05, 3.63) is 118 Å². The van der Waals surface area contributed by atoms with Crippen LogP contribution >= 0.6 is 0 Å². The van der Waals surface area contributed by atoms with E-state index in [1.807, 2.05) is 48.6 Å². The van der Waals surface area contributed by atoms with Crippen LogP contribution in [-0.2, 0) is 25.7 Å². The minimum Gasteiger partial charge on any atom is -0.508 e. The standard InChI is InChI=1S/C92H126N4O8/c1-5-9-13-17-21-25-29-33-37-41-45-65-81(97)61-49-69(89(65)101)85-73-53-55-75(93-73)86(70-50-62-82(98)66(90(70)102)46-42-38-34-30-26-22-18-14-10-6-2)77-57-59-79(95-77)88(72-52-64-84(100)68(92(72)104)48-44-40-36-32-28-24-20-16-12-8-4)80-60-58-78(96-80)87(76-56-54-74(85)94-76)71-51-63-83(99)67(91(71)103)47-43-39-35-31-27-23-19-15-11-7-3/h49-64,93,96-104H,5-48H2,1-4H3. The lowest BCUT2D eigenvalue weighted by Gasteiger charge is -2.14. The summed E-state index contributed by atoms with van der Waals surface area (Å²) in [4.78, 5) is 18.5. The van der Waals surface area contributed by atoms with E-state index in [1.165, 1.54) is 154 Å². The summed E-state index contributed by atoms with van der Waals surface area (Å²) in [6.07, 6.45) is 55.5. The van der Waals surface area contributed by atoms with Gasteiger partial charge in [0.2, 0.25) is 0 Å². The van der Waals surface area contributed by atoms with E-state index in [9.17, 15) is 40.9 Å². The SMILES string of the molecule is CCCCCCCCCCCCc1c(O)ccc(-c2c3nc(c(-c4ccc(O)c(CCCCCCCCCCCC)c4O)c4ccc([nH]4)c(-c4ccc(O)c(CCCCCCCCCCCC)c4O)c4nc(c(-c5ccc(O)c(CCCCCCCCCCCC)c5O)c5ccc2[nH]5)C=C4)C=C3)c1O. The van der Waals surface area contributed by atoms with Gasteiger partial charge in [0, 0.05) is 88.8 Å². The second kappa shape index (κ2) is 42.7. The number of phenolic OH excluding ortho intramolecular Hbond substituents is 8. The number of hydrogen-bond donors (Lipinski definition) is 10. The molecule has 104 heavy (non-hydrogen) atoms. The van der Waals surface area contributed by atoms with Crippen LogP contribution in [0.1, 0.15) is 330 Å². The van der Waals surface area contributed by atoms with Gasteiger partial charge in [-0.25, -0.2) is 9.97 Å². The Morgan fingerprint density at radius 2 is 0.394 bits per heavy atom. The van der Waals surface area contributed by atoms with Crippen molar-refractivity contribution in [2.75, 3.05) is 0 Å². The number of hydrogen-bond acceptors (Lipinski definition) is 10. The second-order valence-corrected chi connectivity index (χ2v) is 30.1. The quantitative estimate of drug-likeness (QED) is 0.0163. The fourth-order valence-electron chi connectivity index (χ4n) is 15.8. The maximum absolute atomic E-state index is 12.7. The van der Waals surface area contributed by atoms with Gasteiger partial charge in [-0.2, -0.15) is 0 Å². The molecule has 10 N–H and O–H groups in total. The van der Waals surface area contributed by atoms with E-state index in [0.29, 0.717) is 137 Å². The highest BCUT2D eigenvalue weighted by Gasteiger charge is 2.27. The lowest BCUT2D eigenvalue weighted by atomic mass is 9.96. The molecule has 2 aliphatic rings. The molecule has 0 radical (unpaired) electrons. The summed E-state index contributed by atoms with van der Waals surface area (Å²) in [6, 6.07) is 21.3. The molecule has 3 aromatic heterocycles. The van der Waals surface area contributed by atoms with Gasteiger partial charge >= 0.3 is 0 Å². The van der Waals surface area contributed by atoms with Crippen molar-refractivity contribution in [1.82, 2.24) is 19.9 Å². The number of aromatic nitrogens is 4. The van der Waals surface area contributed by atoms with Gasteiger partial charge in [0.05, 0.1) is 22.8 Å². The van der Waals surface area contributed by atoms with Crippen molar-refractivity contribution in [1.29, 1.82) is 0 Å². The molecule has 0 unspecified atom stereocenters. The molecule has 0 saturated carbocycles. The van der Waals surface area contributed by atoms with Crippen LogP contribution in [0.4, 0.5) is 0 Å². The van der Waals surface area contributed by atoms with E-state index >= 15 is 0 Å². The zero-order valence-electron chi connectivity index (χ0n) is 63.8. The highest BCUT2D eigenvalue weighted by Crippen LogP contribution is 2.49. The van der Waals surface area contributed by atoms with Gasteiger partial charge < -0.3 is 50.8 Å². The highest BCUT2D eigenvalue weighted by atomic mass is 16.3. The van der Waals surface area contributed by atoms with Crippen molar-refractivity contribution >= 4 is 46.4 Å². The number of unbranched alkanes of at least 4 members (excludes halogenated alkanes) is 36. The van der Waals surface area contributed by atoms with Crippen LogP contribution < -0.4 is 0 Å². The summed E-state index contributed by atoms with van der Waals surface area (Å²) in [5, 5.41) is 97.5. The topological polar surface area (TPSA) is 219 Å². The van der Waals surface area contributed by atoms with Gasteiger partial charge in [0.25, 0.3) is 0 Å². The monoisotopic (exact) mass is 1410 g/mol. The first-order valence-corrected chi connectivity index (χ1v) is 41.2. The number of rotatable bonds is 48. The Bertz CT molecular complexity index is 3570. The fraction of sp³-hybridized carbons (Fsp3) is 0.522. The molecular formula is C92H126N4O8. The molecule has 0 aliphatic carbocycles. The molecule has 2 aliphatic heterocycles. The Balaban J connectivity index is 1.22. The number of phenols is 8. The lowest BCUT2D eigenvalue weighted by Crippen LogP contribution is -1.95. The van der Waals surface area contributed by atoms with Gasteiger partial charge in [0.1, 0.15) is 46.0 Å². The molecular weight excluding hydrogens is 1290 g/mol. The number of fused-ring (bicyclic) bond motifs is 8. The third-order valence-electron chi connectivity index (χ3n) is 22.0. The zero-order chi connectivity index (χ0) is 73.4. The largest absolute Gasteiger partial charge is 0.508 e.